The number of likely N-dealkylation sites (N-methyl/N-ethyl adjacent to an activating group) is 1. The van der Waals surface area contributed by atoms with E-state index in [4.69, 9.17) is 4.74 Å². The maximum atomic E-state index is 5.70. The van der Waals surface area contributed by atoms with Crippen LogP contribution < -0.4 is 0 Å². The van der Waals surface area contributed by atoms with Crippen molar-refractivity contribution >= 4 is 0 Å². The van der Waals surface area contributed by atoms with Crippen LogP contribution in [0.4, 0.5) is 0 Å². The molecule has 1 unspecified atom stereocenters. The Morgan fingerprint density at radius 1 is 1.50 bits per heavy atom. The predicted molar refractivity (Wildman–Crippen MR) is 77.8 cm³/mol. The van der Waals surface area contributed by atoms with Crippen LogP contribution in [0.3, 0.4) is 0 Å². The zero-order valence-electron chi connectivity index (χ0n) is 11.8. The van der Waals surface area contributed by atoms with Crippen molar-refractivity contribution in [3.63, 3.8) is 0 Å². The largest absolute Gasteiger partial charge is 0.472 e. The third-order valence-corrected chi connectivity index (χ3v) is 3.02. The highest BCUT2D eigenvalue weighted by atomic mass is 16.5. The second-order valence-electron chi connectivity index (χ2n) is 4.72. The van der Waals surface area contributed by atoms with Gasteiger partial charge in [-0.2, -0.15) is 0 Å². The molecule has 0 aromatic heterocycles. The van der Waals surface area contributed by atoms with Crippen LogP contribution in [0.2, 0.25) is 0 Å². The van der Waals surface area contributed by atoms with Crippen LogP contribution in [0.1, 0.15) is 20.8 Å². The third-order valence-electron chi connectivity index (χ3n) is 3.02. The van der Waals surface area contributed by atoms with Gasteiger partial charge in [0.1, 0.15) is 6.26 Å². The van der Waals surface area contributed by atoms with E-state index < -0.39 is 0 Å². The zero-order valence-corrected chi connectivity index (χ0v) is 11.8. The molecule has 1 rings (SSSR count). The van der Waals surface area contributed by atoms with E-state index in [1.165, 1.54) is 0 Å². The highest BCUT2D eigenvalue weighted by molar-refractivity contribution is 5.34. The number of hydrogen-bond donors (Lipinski definition) is 0. The number of ether oxygens (including phenoxy) is 1. The summed E-state index contributed by atoms with van der Waals surface area (Å²) in [5, 5.41) is 0. The number of hydrogen-bond acceptors (Lipinski definition) is 2. The average molecular weight is 245 g/mol. The Labute approximate surface area is 111 Å². The Hall–Kier alpha value is -1.70. The van der Waals surface area contributed by atoms with E-state index in [2.05, 4.69) is 44.1 Å². The van der Waals surface area contributed by atoms with E-state index >= 15 is 0 Å². The topological polar surface area (TPSA) is 12.5 Å². The molecule has 2 nitrogen and oxygen atoms in total. The second kappa shape index (κ2) is 6.29. The average Bonchev–Trinajstić information content (AvgIpc) is 2.69. The Morgan fingerprint density at radius 2 is 2.17 bits per heavy atom. The SMILES string of the molecule is C=CC1=COC(C(/C=C\C)=C/C(=C)C(C)C)N1C. The van der Waals surface area contributed by atoms with Gasteiger partial charge in [-0.3, -0.25) is 0 Å². The fourth-order valence-electron chi connectivity index (χ4n) is 1.71. The fourth-order valence-corrected chi connectivity index (χ4v) is 1.71. The predicted octanol–water partition coefficient (Wildman–Crippen LogP) is 4.02. The number of rotatable bonds is 5. The van der Waals surface area contributed by atoms with Gasteiger partial charge in [-0.05, 0) is 18.9 Å². The van der Waals surface area contributed by atoms with Gasteiger partial charge in [-0.15, -0.1) is 0 Å². The lowest BCUT2D eigenvalue weighted by molar-refractivity contribution is 0.107. The summed E-state index contributed by atoms with van der Waals surface area (Å²) in [6.45, 7) is 14.1. The standard InChI is InChI=1S/C16H23NO/c1-7-9-14(10-13(5)12(3)4)16-17(6)15(8-2)11-18-16/h7-12,16H,2,5H2,1,3-4,6H3/b9-7-,14-10+. The lowest BCUT2D eigenvalue weighted by Crippen LogP contribution is -2.28. The van der Waals surface area contributed by atoms with Crippen LogP contribution in [0.15, 0.2) is 60.6 Å². The lowest BCUT2D eigenvalue weighted by atomic mass is 10.0. The molecule has 1 atom stereocenters. The van der Waals surface area contributed by atoms with Gasteiger partial charge in [0.25, 0.3) is 0 Å². The molecule has 2 heteroatoms. The number of allylic oxidation sites excluding steroid dienone is 4. The van der Waals surface area contributed by atoms with Gasteiger partial charge in [0.15, 0.2) is 6.23 Å². The molecule has 0 fully saturated rings. The van der Waals surface area contributed by atoms with E-state index in [9.17, 15) is 0 Å². The maximum absolute atomic E-state index is 5.70. The Kier molecular flexibility index (Phi) is 5.02. The molecule has 0 radical (unpaired) electrons. The van der Waals surface area contributed by atoms with Gasteiger partial charge in [0.05, 0.1) is 5.70 Å². The fraction of sp³-hybridized carbons (Fsp3) is 0.375. The minimum Gasteiger partial charge on any atom is -0.472 e. The molecule has 0 saturated carbocycles. The van der Waals surface area contributed by atoms with Crippen LogP contribution in [-0.4, -0.2) is 18.2 Å². The Morgan fingerprint density at radius 3 is 2.61 bits per heavy atom. The van der Waals surface area contributed by atoms with Crippen molar-refractivity contribution in [1.82, 2.24) is 4.90 Å². The zero-order chi connectivity index (χ0) is 13.7. The van der Waals surface area contributed by atoms with Gasteiger partial charge in [0, 0.05) is 12.6 Å². The van der Waals surface area contributed by atoms with Crippen molar-refractivity contribution < 1.29 is 4.74 Å². The quantitative estimate of drug-likeness (QED) is 0.678. The third kappa shape index (κ3) is 3.16. The van der Waals surface area contributed by atoms with Gasteiger partial charge < -0.3 is 9.64 Å². The first-order valence-electron chi connectivity index (χ1n) is 6.25. The highest BCUT2D eigenvalue weighted by Crippen LogP contribution is 2.26. The van der Waals surface area contributed by atoms with E-state index in [0.717, 1.165) is 16.8 Å². The second-order valence-corrected chi connectivity index (χ2v) is 4.72. The van der Waals surface area contributed by atoms with Crippen molar-refractivity contribution in [2.24, 2.45) is 5.92 Å². The summed E-state index contributed by atoms with van der Waals surface area (Å²) in [5.74, 6) is 0.434. The summed E-state index contributed by atoms with van der Waals surface area (Å²) in [7, 11) is 2.00. The summed E-state index contributed by atoms with van der Waals surface area (Å²) in [4.78, 5) is 2.06. The van der Waals surface area contributed by atoms with Gasteiger partial charge in [0.2, 0.25) is 0 Å². The monoisotopic (exact) mass is 245 g/mol. The molecule has 0 bridgehead atoms. The van der Waals surface area contributed by atoms with Crippen molar-refractivity contribution in [2.45, 2.75) is 27.0 Å². The lowest BCUT2D eigenvalue weighted by Gasteiger charge is -2.23. The molecule has 1 aliphatic heterocycles. The van der Waals surface area contributed by atoms with Gasteiger partial charge in [-0.25, -0.2) is 0 Å². The number of nitrogens with zero attached hydrogens (tertiary/aromatic N) is 1. The summed E-state index contributed by atoms with van der Waals surface area (Å²) in [6.07, 6.45) is 9.63. The van der Waals surface area contributed by atoms with E-state index in [-0.39, 0.29) is 6.23 Å². The molecular weight excluding hydrogens is 222 g/mol. The molecule has 0 aromatic rings. The van der Waals surface area contributed by atoms with E-state index in [0.29, 0.717) is 5.92 Å². The normalized spacial score (nSPS) is 20.3. The molecule has 98 valence electrons. The summed E-state index contributed by atoms with van der Waals surface area (Å²) in [6, 6.07) is 0. The summed E-state index contributed by atoms with van der Waals surface area (Å²) < 4.78 is 5.70. The van der Waals surface area contributed by atoms with Crippen LogP contribution in [0.25, 0.3) is 0 Å². The Bertz CT molecular complexity index is 413. The molecule has 1 aliphatic rings. The molecule has 1 heterocycles. The van der Waals surface area contributed by atoms with Gasteiger partial charge in [-0.1, -0.05) is 50.8 Å². The Balaban J connectivity index is 2.95. The first kappa shape index (κ1) is 14.4. The van der Waals surface area contributed by atoms with Crippen molar-refractivity contribution in [2.75, 3.05) is 7.05 Å². The van der Waals surface area contributed by atoms with Crippen LogP contribution >= 0.6 is 0 Å². The van der Waals surface area contributed by atoms with Crippen molar-refractivity contribution in [3.05, 3.63) is 60.6 Å². The molecule has 0 spiro atoms. The smallest absolute Gasteiger partial charge is 0.197 e. The molecule has 0 saturated heterocycles. The molecule has 18 heavy (non-hydrogen) atoms. The summed E-state index contributed by atoms with van der Waals surface area (Å²) in [5.41, 5.74) is 3.20. The van der Waals surface area contributed by atoms with E-state index in [1.54, 1.807) is 12.3 Å². The minimum atomic E-state index is -0.0929. The molecule has 0 aromatic carbocycles. The van der Waals surface area contributed by atoms with Crippen molar-refractivity contribution in [3.8, 4) is 0 Å². The van der Waals surface area contributed by atoms with Crippen LogP contribution in [-0.2, 0) is 4.74 Å². The molecular formula is C16H23NO. The van der Waals surface area contributed by atoms with Crippen LogP contribution in [0, 0.1) is 5.92 Å². The molecule has 0 amide bonds. The minimum absolute atomic E-state index is 0.0929. The first-order chi connectivity index (χ1) is 8.51. The molecule has 0 N–H and O–H groups in total. The first-order valence-corrected chi connectivity index (χ1v) is 6.25. The summed E-state index contributed by atoms with van der Waals surface area (Å²) >= 11 is 0. The van der Waals surface area contributed by atoms with E-state index in [1.807, 2.05) is 20.0 Å². The van der Waals surface area contributed by atoms with Crippen molar-refractivity contribution in [1.29, 1.82) is 0 Å². The van der Waals surface area contributed by atoms with Crippen LogP contribution in [0.5, 0.6) is 0 Å². The molecule has 0 aliphatic carbocycles. The maximum Gasteiger partial charge on any atom is 0.197 e. The van der Waals surface area contributed by atoms with Gasteiger partial charge >= 0.3 is 0 Å². The highest BCUT2D eigenvalue weighted by Gasteiger charge is 2.25.